The molecule has 10 nitrogen and oxygen atoms in total. The third-order valence-corrected chi connectivity index (χ3v) is 5.46. The van der Waals surface area contributed by atoms with Crippen LogP contribution in [0.5, 0.6) is 5.75 Å². The monoisotopic (exact) mass is 434 g/mol. The molecule has 1 saturated carbocycles. The van der Waals surface area contributed by atoms with E-state index in [1.54, 1.807) is 31.6 Å². The minimum Gasteiger partial charge on any atom is -0.496 e. The van der Waals surface area contributed by atoms with Crippen molar-refractivity contribution in [2.24, 2.45) is 11.5 Å². The molecule has 1 aromatic carbocycles. The molecular formula is C22H26N8O2. The van der Waals surface area contributed by atoms with E-state index in [-0.39, 0.29) is 17.6 Å². The van der Waals surface area contributed by atoms with Gasteiger partial charge in [0.2, 0.25) is 5.95 Å². The first kappa shape index (κ1) is 21.4. The van der Waals surface area contributed by atoms with Gasteiger partial charge in [0.1, 0.15) is 17.1 Å². The molecule has 0 radical (unpaired) electrons. The van der Waals surface area contributed by atoms with Crippen molar-refractivity contribution in [1.29, 1.82) is 0 Å². The lowest BCUT2D eigenvalue weighted by molar-refractivity contribution is 0.100. The van der Waals surface area contributed by atoms with Crippen LogP contribution in [-0.2, 0) is 0 Å². The van der Waals surface area contributed by atoms with Crippen LogP contribution in [0, 0.1) is 0 Å². The van der Waals surface area contributed by atoms with Crippen LogP contribution in [0.4, 0.5) is 17.5 Å². The summed E-state index contributed by atoms with van der Waals surface area (Å²) >= 11 is 0. The fourth-order valence-electron chi connectivity index (χ4n) is 3.77. The van der Waals surface area contributed by atoms with E-state index < -0.39 is 5.91 Å². The Kier molecular flexibility index (Phi) is 6.41. The minimum atomic E-state index is -0.631. The SMILES string of the molecule is COc1ccc(Nc2nc(N[C@@H]3CCCC[C@@H]3N)ncc2C(N)=O)cc1-c1ncccn1. The fraction of sp³-hybridized carbons (Fsp3) is 0.318. The standard InChI is InChI=1S/C22H26N8O2/c1-32-18-8-7-13(11-14(18)20-25-9-4-10-26-20)28-21-15(19(24)31)12-27-22(30-21)29-17-6-3-2-5-16(17)23/h4,7-12,16-17H,2-3,5-6,23H2,1H3,(H2,24,31)(H2,27,28,29,30)/t16-,17+/m0/s1. The maximum atomic E-state index is 12.0. The van der Waals surface area contributed by atoms with Gasteiger partial charge < -0.3 is 26.8 Å². The van der Waals surface area contributed by atoms with Gasteiger partial charge >= 0.3 is 0 Å². The van der Waals surface area contributed by atoms with Gasteiger partial charge in [-0.1, -0.05) is 12.8 Å². The fourth-order valence-corrected chi connectivity index (χ4v) is 3.77. The molecule has 1 aliphatic carbocycles. The zero-order valence-corrected chi connectivity index (χ0v) is 17.8. The van der Waals surface area contributed by atoms with Crippen LogP contribution in [0.1, 0.15) is 36.0 Å². The van der Waals surface area contributed by atoms with Gasteiger partial charge in [-0.05, 0) is 37.1 Å². The lowest BCUT2D eigenvalue weighted by Crippen LogP contribution is -2.43. The van der Waals surface area contributed by atoms with E-state index in [9.17, 15) is 4.79 Å². The number of methoxy groups -OCH3 is 1. The number of carbonyl (C=O) groups excluding carboxylic acids is 1. The Balaban J connectivity index is 1.64. The molecule has 0 bridgehead atoms. The van der Waals surface area contributed by atoms with E-state index in [0.29, 0.717) is 34.6 Å². The Hall–Kier alpha value is -3.79. The van der Waals surface area contributed by atoms with E-state index in [4.69, 9.17) is 16.2 Å². The van der Waals surface area contributed by atoms with Crippen molar-refractivity contribution in [1.82, 2.24) is 19.9 Å². The Labute approximate surface area is 185 Å². The van der Waals surface area contributed by atoms with Crippen molar-refractivity contribution in [3.63, 3.8) is 0 Å². The topological polar surface area (TPSA) is 154 Å². The van der Waals surface area contributed by atoms with E-state index >= 15 is 0 Å². The lowest BCUT2D eigenvalue weighted by atomic mass is 9.91. The van der Waals surface area contributed by atoms with Gasteiger partial charge in [-0.2, -0.15) is 4.98 Å². The Morgan fingerprint density at radius 3 is 2.66 bits per heavy atom. The number of nitrogens with zero attached hydrogens (tertiary/aromatic N) is 4. The molecule has 0 unspecified atom stereocenters. The molecule has 2 aromatic heterocycles. The van der Waals surface area contributed by atoms with Crippen LogP contribution in [-0.4, -0.2) is 45.0 Å². The summed E-state index contributed by atoms with van der Waals surface area (Å²) in [6, 6.07) is 7.28. The highest BCUT2D eigenvalue weighted by Gasteiger charge is 2.23. The van der Waals surface area contributed by atoms with Crippen molar-refractivity contribution in [3.8, 4) is 17.1 Å². The van der Waals surface area contributed by atoms with E-state index in [1.807, 2.05) is 12.1 Å². The molecule has 4 rings (SSSR count). The molecule has 1 aliphatic rings. The number of ether oxygens (including phenoxy) is 1. The zero-order chi connectivity index (χ0) is 22.5. The summed E-state index contributed by atoms with van der Waals surface area (Å²) in [7, 11) is 1.58. The first-order valence-corrected chi connectivity index (χ1v) is 10.5. The number of benzene rings is 1. The largest absolute Gasteiger partial charge is 0.496 e. The van der Waals surface area contributed by atoms with Gasteiger partial charge in [-0.15, -0.1) is 0 Å². The number of carbonyl (C=O) groups is 1. The summed E-state index contributed by atoms with van der Waals surface area (Å²) in [6.07, 6.45) is 8.86. The van der Waals surface area contributed by atoms with Crippen LogP contribution in [0.2, 0.25) is 0 Å². The Morgan fingerprint density at radius 2 is 1.94 bits per heavy atom. The average molecular weight is 435 g/mol. The number of anilines is 3. The summed E-state index contributed by atoms with van der Waals surface area (Å²) in [5.41, 5.74) is 13.3. The number of primary amides is 1. The van der Waals surface area contributed by atoms with Gasteiger partial charge in [-0.3, -0.25) is 4.79 Å². The predicted molar refractivity (Wildman–Crippen MR) is 122 cm³/mol. The number of rotatable bonds is 7. The van der Waals surface area contributed by atoms with E-state index in [2.05, 4.69) is 30.6 Å². The molecule has 6 N–H and O–H groups in total. The number of nitrogens with two attached hydrogens (primary N) is 2. The molecule has 32 heavy (non-hydrogen) atoms. The van der Waals surface area contributed by atoms with Gasteiger partial charge in [0, 0.05) is 36.4 Å². The second kappa shape index (κ2) is 9.56. The zero-order valence-electron chi connectivity index (χ0n) is 17.8. The number of amides is 1. The molecule has 0 spiro atoms. The number of hydrogen-bond donors (Lipinski definition) is 4. The molecule has 0 aliphatic heterocycles. The summed E-state index contributed by atoms with van der Waals surface area (Å²) in [5, 5.41) is 6.47. The van der Waals surface area contributed by atoms with Gasteiger partial charge in [0.25, 0.3) is 5.91 Å². The number of hydrogen-bond acceptors (Lipinski definition) is 9. The second-order valence-corrected chi connectivity index (χ2v) is 7.63. The molecule has 0 saturated heterocycles. The third-order valence-electron chi connectivity index (χ3n) is 5.46. The van der Waals surface area contributed by atoms with Crippen molar-refractivity contribution in [2.45, 2.75) is 37.8 Å². The van der Waals surface area contributed by atoms with E-state index in [1.165, 1.54) is 6.20 Å². The van der Waals surface area contributed by atoms with Crippen LogP contribution >= 0.6 is 0 Å². The molecule has 166 valence electrons. The van der Waals surface area contributed by atoms with Crippen molar-refractivity contribution in [2.75, 3.05) is 17.7 Å². The van der Waals surface area contributed by atoms with Crippen LogP contribution in [0.25, 0.3) is 11.4 Å². The first-order valence-electron chi connectivity index (χ1n) is 10.5. The highest BCUT2D eigenvalue weighted by atomic mass is 16.5. The lowest BCUT2D eigenvalue weighted by Gasteiger charge is -2.29. The highest BCUT2D eigenvalue weighted by Crippen LogP contribution is 2.32. The molecular weight excluding hydrogens is 408 g/mol. The normalized spacial score (nSPS) is 18.1. The Bertz CT molecular complexity index is 1090. The van der Waals surface area contributed by atoms with Crippen molar-refractivity contribution >= 4 is 23.4 Å². The number of nitrogens with one attached hydrogen (secondary N) is 2. The van der Waals surface area contributed by atoms with E-state index in [0.717, 1.165) is 25.7 Å². The third kappa shape index (κ3) is 4.75. The minimum absolute atomic E-state index is 0.0367. The first-order chi connectivity index (χ1) is 15.5. The molecule has 1 amide bonds. The molecule has 2 atom stereocenters. The Morgan fingerprint density at radius 1 is 1.16 bits per heavy atom. The van der Waals surface area contributed by atoms with Crippen molar-refractivity contribution < 1.29 is 9.53 Å². The number of aromatic nitrogens is 4. The van der Waals surface area contributed by atoms with Gasteiger partial charge in [-0.25, -0.2) is 15.0 Å². The molecule has 2 heterocycles. The van der Waals surface area contributed by atoms with Crippen LogP contribution < -0.4 is 26.8 Å². The molecule has 10 heteroatoms. The highest BCUT2D eigenvalue weighted by molar-refractivity contribution is 5.98. The average Bonchev–Trinajstić information content (AvgIpc) is 2.81. The van der Waals surface area contributed by atoms with Crippen LogP contribution in [0.15, 0.2) is 42.9 Å². The quantitative estimate of drug-likeness (QED) is 0.439. The van der Waals surface area contributed by atoms with Gasteiger partial charge in [0.15, 0.2) is 5.82 Å². The van der Waals surface area contributed by atoms with Crippen molar-refractivity contribution in [3.05, 3.63) is 48.4 Å². The molecule has 1 fully saturated rings. The van der Waals surface area contributed by atoms with Crippen LogP contribution in [0.3, 0.4) is 0 Å². The second-order valence-electron chi connectivity index (χ2n) is 7.63. The summed E-state index contributed by atoms with van der Waals surface area (Å²) in [5.74, 6) is 1.19. The van der Waals surface area contributed by atoms with Gasteiger partial charge in [0.05, 0.1) is 12.7 Å². The maximum absolute atomic E-state index is 12.0. The smallest absolute Gasteiger partial charge is 0.254 e. The summed E-state index contributed by atoms with van der Waals surface area (Å²) < 4.78 is 5.45. The summed E-state index contributed by atoms with van der Waals surface area (Å²) in [6.45, 7) is 0. The maximum Gasteiger partial charge on any atom is 0.254 e. The molecule has 3 aromatic rings. The predicted octanol–water partition coefficient (Wildman–Crippen LogP) is 2.47. The summed E-state index contributed by atoms with van der Waals surface area (Å²) in [4.78, 5) is 29.3.